The summed E-state index contributed by atoms with van der Waals surface area (Å²) >= 11 is 12.6. The van der Waals surface area contributed by atoms with E-state index in [4.69, 9.17) is 38.0 Å². The van der Waals surface area contributed by atoms with Crippen LogP contribution in [0.25, 0.3) is 6.08 Å². The minimum absolute atomic E-state index is 0.218. The summed E-state index contributed by atoms with van der Waals surface area (Å²) in [5.74, 6) is 1.59. The first-order valence-electron chi connectivity index (χ1n) is 9.32. The standard InChI is InChI=1S/C22H22ClNO4S2/c1-13-5-6-16(9-14(13)2)27-7-4-8-28-20-17(23)10-15(11-18(20)26-3)12-19-21(25)24-22(29)30-19/h5-6,9-12H,4,7-8H2,1-3H3,(H,24,25,29). The van der Waals surface area contributed by atoms with Crippen LogP contribution in [0.2, 0.25) is 5.02 Å². The lowest BCUT2D eigenvalue weighted by molar-refractivity contribution is -0.115. The van der Waals surface area contributed by atoms with Crippen LogP contribution >= 0.6 is 35.6 Å². The predicted molar refractivity (Wildman–Crippen MR) is 126 cm³/mol. The molecule has 2 aromatic carbocycles. The Hall–Kier alpha value is -2.22. The van der Waals surface area contributed by atoms with Crippen LogP contribution < -0.4 is 19.5 Å². The molecule has 1 saturated heterocycles. The van der Waals surface area contributed by atoms with E-state index in [0.717, 1.165) is 11.3 Å². The van der Waals surface area contributed by atoms with Gasteiger partial charge in [0.15, 0.2) is 11.5 Å². The van der Waals surface area contributed by atoms with Gasteiger partial charge in [-0.05, 0) is 60.9 Å². The molecule has 158 valence electrons. The zero-order chi connectivity index (χ0) is 21.7. The lowest BCUT2D eigenvalue weighted by Gasteiger charge is -2.14. The van der Waals surface area contributed by atoms with Crippen molar-refractivity contribution in [2.24, 2.45) is 0 Å². The summed E-state index contributed by atoms with van der Waals surface area (Å²) in [5, 5.41) is 2.99. The largest absolute Gasteiger partial charge is 0.493 e. The Morgan fingerprint density at radius 3 is 2.57 bits per heavy atom. The second-order valence-corrected chi connectivity index (χ2v) is 8.81. The number of benzene rings is 2. The molecule has 0 saturated carbocycles. The SMILES string of the molecule is COc1cc(C=C2SC(=S)NC2=O)cc(Cl)c1OCCCOc1ccc(C)c(C)c1. The molecule has 0 aliphatic carbocycles. The van der Waals surface area contributed by atoms with Gasteiger partial charge < -0.3 is 19.5 Å². The van der Waals surface area contributed by atoms with Crippen LogP contribution in [0, 0.1) is 13.8 Å². The van der Waals surface area contributed by atoms with Crippen LogP contribution in [0.15, 0.2) is 35.2 Å². The van der Waals surface area contributed by atoms with E-state index in [0.29, 0.717) is 45.4 Å². The smallest absolute Gasteiger partial charge is 0.263 e. The van der Waals surface area contributed by atoms with E-state index < -0.39 is 0 Å². The summed E-state index contributed by atoms with van der Waals surface area (Å²) in [6, 6.07) is 9.54. The molecule has 1 amide bonds. The van der Waals surface area contributed by atoms with Gasteiger partial charge in [0.2, 0.25) is 0 Å². The van der Waals surface area contributed by atoms with Crippen molar-refractivity contribution in [3.05, 3.63) is 56.9 Å². The Bertz CT molecular complexity index is 1010. The molecule has 1 fully saturated rings. The van der Waals surface area contributed by atoms with Crippen molar-refractivity contribution in [1.29, 1.82) is 0 Å². The number of aryl methyl sites for hydroxylation is 2. The minimum atomic E-state index is -0.218. The number of amides is 1. The fourth-order valence-corrected chi connectivity index (χ4v) is 4.08. The quantitative estimate of drug-likeness (QED) is 0.325. The van der Waals surface area contributed by atoms with E-state index in [1.807, 2.05) is 18.2 Å². The van der Waals surface area contributed by atoms with Gasteiger partial charge in [0, 0.05) is 6.42 Å². The highest BCUT2D eigenvalue weighted by Crippen LogP contribution is 2.38. The first kappa shape index (κ1) is 22.5. The van der Waals surface area contributed by atoms with Gasteiger partial charge >= 0.3 is 0 Å². The fraction of sp³-hybridized carbons (Fsp3) is 0.273. The molecule has 3 rings (SSSR count). The number of nitrogens with one attached hydrogen (secondary N) is 1. The van der Waals surface area contributed by atoms with Gasteiger partial charge in [0.1, 0.15) is 10.1 Å². The van der Waals surface area contributed by atoms with Crippen molar-refractivity contribution in [3.8, 4) is 17.2 Å². The second-order valence-electron chi connectivity index (χ2n) is 6.68. The molecular weight excluding hydrogens is 442 g/mol. The van der Waals surface area contributed by atoms with Gasteiger partial charge in [-0.15, -0.1) is 0 Å². The Balaban J connectivity index is 1.59. The van der Waals surface area contributed by atoms with Crippen molar-refractivity contribution in [3.63, 3.8) is 0 Å². The average molecular weight is 464 g/mol. The number of carbonyl (C=O) groups excluding carboxylic acids is 1. The molecule has 0 spiro atoms. The molecular formula is C22H22ClNO4S2. The topological polar surface area (TPSA) is 56.8 Å². The molecule has 1 aliphatic heterocycles. The third-order valence-electron chi connectivity index (χ3n) is 4.47. The maximum atomic E-state index is 11.8. The molecule has 1 heterocycles. The van der Waals surface area contributed by atoms with Gasteiger partial charge in [-0.25, -0.2) is 0 Å². The third-order valence-corrected chi connectivity index (χ3v) is 5.92. The zero-order valence-electron chi connectivity index (χ0n) is 16.9. The van der Waals surface area contributed by atoms with Gasteiger partial charge in [-0.3, -0.25) is 4.79 Å². The molecule has 0 aromatic heterocycles. The van der Waals surface area contributed by atoms with Crippen LogP contribution in [-0.4, -0.2) is 30.6 Å². The van der Waals surface area contributed by atoms with Crippen LogP contribution in [-0.2, 0) is 4.79 Å². The van der Waals surface area contributed by atoms with Gasteiger partial charge in [0.05, 0.1) is 30.3 Å². The third kappa shape index (κ3) is 5.68. The Morgan fingerprint density at radius 1 is 1.13 bits per heavy atom. The summed E-state index contributed by atoms with van der Waals surface area (Å²) in [4.78, 5) is 12.4. The normalized spacial score (nSPS) is 14.7. The second kappa shape index (κ2) is 10.2. The lowest BCUT2D eigenvalue weighted by atomic mass is 10.1. The molecule has 1 aliphatic rings. The van der Waals surface area contributed by atoms with Crippen LogP contribution in [0.4, 0.5) is 0 Å². The van der Waals surface area contributed by atoms with Crippen LogP contribution in [0.3, 0.4) is 0 Å². The summed E-state index contributed by atoms with van der Waals surface area (Å²) in [6.45, 7) is 5.08. The van der Waals surface area contributed by atoms with E-state index in [2.05, 4.69) is 19.2 Å². The van der Waals surface area contributed by atoms with Crippen LogP contribution in [0.1, 0.15) is 23.1 Å². The monoisotopic (exact) mass is 463 g/mol. The van der Waals surface area contributed by atoms with E-state index in [1.165, 1.54) is 22.9 Å². The van der Waals surface area contributed by atoms with Gasteiger partial charge in [-0.2, -0.15) is 0 Å². The van der Waals surface area contributed by atoms with Crippen molar-refractivity contribution in [2.75, 3.05) is 20.3 Å². The molecule has 0 atom stereocenters. The molecule has 2 aromatic rings. The van der Waals surface area contributed by atoms with Crippen molar-refractivity contribution in [2.45, 2.75) is 20.3 Å². The summed E-state index contributed by atoms with van der Waals surface area (Å²) in [6.07, 6.45) is 2.40. The molecule has 0 bridgehead atoms. The zero-order valence-corrected chi connectivity index (χ0v) is 19.3. The molecule has 1 N–H and O–H groups in total. The number of halogens is 1. The van der Waals surface area contributed by atoms with E-state index in [9.17, 15) is 4.79 Å². The highest BCUT2D eigenvalue weighted by molar-refractivity contribution is 8.26. The number of rotatable bonds is 8. The number of thiocarbonyl (C=S) groups is 1. The Kier molecular flexibility index (Phi) is 7.64. The summed E-state index contributed by atoms with van der Waals surface area (Å²) in [5.41, 5.74) is 3.16. The minimum Gasteiger partial charge on any atom is -0.493 e. The average Bonchev–Trinajstić information content (AvgIpc) is 3.02. The van der Waals surface area contributed by atoms with Crippen molar-refractivity contribution in [1.82, 2.24) is 5.32 Å². The lowest BCUT2D eigenvalue weighted by Crippen LogP contribution is -2.17. The number of carbonyl (C=O) groups is 1. The number of ether oxygens (including phenoxy) is 3. The number of hydrogen-bond donors (Lipinski definition) is 1. The molecule has 30 heavy (non-hydrogen) atoms. The van der Waals surface area contributed by atoms with Gasteiger partial charge in [0.25, 0.3) is 5.91 Å². The number of thioether (sulfide) groups is 1. The molecule has 8 heteroatoms. The summed E-state index contributed by atoms with van der Waals surface area (Å²) < 4.78 is 17.5. The van der Waals surface area contributed by atoms with Crippen LogP contribution in [0.5, 0.6) is 17.2 Å². The summed E-state index contributed by atoms with van der Waals surface area (Å²) in [7, 11) is 1.55. The number of hydrogen-bond acceptors (Lipinski definition) is 6. The molecule has 0 radical (unpaired) electrons. The van der Waals surface area contributed by atoms with E-state index in [-0.39, 0.29) is 5.91 Å². The highest BCUT2D eigenvalue weighted by atomic mass is 35.5. The predicted octanol–water partition coefficient (Wildman–Crippen LogP) is 5.30. The maximum Gasteiger partial charge on any atom is 0.263 e. The Morgan fingerprint density at radius 2 is 1.90 bits per heavy atom. The fourth-order valence-electron chi connectivity index (χ4n) is 2.76. The maximum absolute atomic E-state index is 11.8. The molecule has 0 unspecified atom stereocenters. The van der Waals surface area contributed by atoms with Crippen molar-refractivity contribution < 1.29 is 19.0 Å². The van der Waals surface area contributed by atoms with Gasteiger partial charge in [-0.1, -0.05) is 41.6 Å². The van der Waals surface area contributed by atoms with E-state index in [1.54, 1.807) is 25.3 Å². The van der Waals surface area contributed by atoms with Crippen molar-refractivity contribution >= 4 is 51.9 Å². The highest BCUT2D eigenvalue weighted by Gasteiger charge is 2.22. The Labute approximate surface area is 190 Å². The molecule has 5 nitrogen and oxygen atoms in total. The number of methoxy groups -OCH3 is 1. The first-order chi connectivity index (χ1) is 14.4. The van der Waals surface area contributed by atoms with E-state index >= 15 is 0 Å². The first-order valence-corrected chi connectivity index (χ1v) is 10.9.